The summed E-state index contributed by atoms with van der Waals surface area (Å²) in [5, 5.41) is 3.41. The Hall–Kier alpha value is -1.61. The van der Waals surface area contributed by atoms with Crippen LogP contribution in [-0.4, -0.2) is 18.1 Å². The molecular weight excluding hydrogens is 248 g/mol. The molecule has 108 valence electrons. The zero-order valence-electron chi connectivity index (χ0n) is 12.9. The number of benzene rings is 1. The van der Waals surface area contributed by atoms with E-state index in [4.69, 9.17) is 4.42 Å². The zero-order chi connectivity index (χ0) is 14.5. The minimum absolute atomic E-state index is 0.671. The van der Waals surface area contributed by atoms with Gasteiger partial charge in [0, 0.05) is 18.5 Å². The molecule has 1 aromatic carbocycles. The molecule has 0 unspecified atom stereocenters. The third kappa shape index (κ3) is 3.70. The molecule has 2 aromatic rings. The van der Waals surface area contributed by atoms with Crippen LogP contribution in [-0.2, 0) is 6.42 Å². The van der Waals surface area contributed by atoms with Crippen LogP contribution in [0.2, 0.25) is 0 Å². The van der Waals surface area contributed by atoms with Crippen LogP contribution in [0.15, 0.2) is 28.8 Å². The third-order valence-corrected chi connectivity index (χ3v) is 3.35. The van der Waals surface area contributed by atoms with Crippen molar-refractivity contribution in [1.29, 1.82) is 0 Å². The van der Waals surface area contributed by atoms with Crippen LogP contribution in [0.25, 0.3) is 11.3 Å². The number of rotatable bonds is 6. The third-order valence-electron chi connectivity index (χ3n) is 3.35. The molecule has 0 bridgehead atoms. The van der Waals surface area contributed by atoms with E-state index in [-0.39, 0.29) is 0 Å². The molecule has 0 amide bonds. The number of hydrogen-bond acceptors (Lipinski definition) is 3. The quantitative estimate of drug-likeness (QED) is 0.814. The van der Waals surface area contributed by atoms with Crippen LogP contribution in [0.3, 0.4) is 0 Å². The highest BCUT2D eigenvalue weighted by molar-refractivity contribution is 5.65. The van der Waals surface area contributed by atoms with Crippen LogP contribution >= 0.6 is 0 Å². The van der Waals surface area contributed by atoms with Gasteiger partial charge in [-0.2, -0.15) is 0 Å². The van der Waals surface area contributed by atoms with E-state index >= 15 is 0 Å². The van der Waals surface area contributed by atoms with Gasteiger partial charge in [0.15, 0.2) is 11.7 Å². The molecule has 0 aliphatic rings. The second-order valence-electron chi connectivity index (χ2n) is 5.73. The molecule has 2 rings (SSSR count). The van der Waals surface area contributed by atoms with Gasteiger partial charge in [-0.1, -0.05) is 32.0 Å². The van der Waals surface area contributed by atoms with E-state index in [1.165, 1.54) is 16.7 Å². The molecule has 0 atom stereocenters. The molecule has 0 fully saturated rings. The van der Waals surface area contributed by atoms with Gasteiger partial charge in [0.05, 0.1) is 6.20 Å². The highest BCUT2D eigenvalue weighted by Crippen LogP contribution is 2.27. The van der Waals surface area contributed by atoms with Crippen molar-refractivity contribution < 1.29 is 4.42 Å². The van der Waals surface area contributed by atoms with E-state index in [9.17, 15) is 0 Å². The molecular formula is C17H24N2O. The lowest BCUT2D eigenvalue weighted by molar-refractivity contribution is 0.482. The number of nitrogens with one attached hydrogen (secondary N) is 1. The number of nitrogens with zero attached hydrogens (tertiary/aromatic N) is 1. The lowest BCUT2D eigenvalue weighted by Crippen LogP contribution is -2.22. The van der Waals surface area contributed by atoms with Crippen molar-refractivity contribution in [2.45, 2.75) is 34.1 Å². The summed E-state index contributed by atoms with van der Waals surface area (Å²) in [4.78, 5) is 4.38. The molecule has 0 saturated heterocycles. The SMILES string of the molecule is Cc1cccc(C)c1-c1cnc(CCNCC(C)C)o1. The Labute approximate surface area is 121 Å². The van der Waals surface area contributed by atoms with Crippen molar-refractivity contribution >= 4 is 0 Å². The van der Waals surface area contributed by atoms with E-state index in [0.29, 0.717) is 5.92 Å². The first-order valence-electron chi connectivity index (χ1n) is 7.30. The summed E-state index contributed by atoms with van der Waals surface area (Å²) in [6, 6.07) is 6.28. The van der Waals surface area contributed by atoms with Crippen LogP contribution in [0.1, 0.15) is 30.9 Å². The average Bonchev–Trinajstić information content (AvgIpc) is 2.83. The molecule has 0 aliphatic carbocycles. The summed E-state index contributed by atoms with van der Waals surface area (Å²) in [5.41, 5.74) is 3.62. The fraction of sp³-hybridized carbons (Fsp3) is 0.471. The number of oxazole rings is 1. The predicted molar refractivity (Wildman–Crippen MR) is 82.8 cm³/mol. The summed E-state index contributed by atoms with van der Waals surface area (Å²) in [7, 11) is 0. The minimum atomic E-state index is 0.671. The van der Waals surface area contributed by atoms with E-state index < -0.39 is 0 Å². The van der Waals surface area contributed by atoms with Crippen LogP contribution < -0.4 is 5.32 Å². The first-order chi connectivity index (χ1) is 9.58. The molecule has 1 heterocycles. The molecule has 0 spiro atoms. The Bertz CT molecular complexity index is 538. The van der Waals surface area contributed by atoms with Gasteiger partial charge in [-0.3, -0.25) is 0 Å². The lowest BCUT2D eigenvalue weighted by Gasteiger charge is -2.06. The molecule has 1 aromatic heterocycles. The molecule has 0 radical (unpaired) electrons. The Morgan fingerprint density at radius 3 is 2.55 bits per heavy atom. The van der Waals surface area contributed by atoms with Crippen molar-refractivity contribution in [2.75, 3.05) is 13.1 Å². The molecule has 3 heteroatoms. The maximum absolute atomic E-state index is 5.89. The minimum Gasteiger partial charge on any atom is -0.441 e. The van der Waals surface area contributed by atoms with E-state index in [1.807, 2.05) is 6.20 Å². The van der Waals surface area contributed by atoms with Crippen molar-refractivity contribution in [1.82, 2.24) is 10.3 Å². The fourth-order valence-corrected chi connectivity index (χ4v) is 2.33. The van der Waals surface area contributed by atoms with E-state index in [0.717, 1.165) is 31.2 Å². The first-order valence-corrected chi connectivity index (χ1v) is 7.30. The Balaban J connectivity index is 2.02. The van der Waals surface area contributed by atoms with Crippen molar-refractivity contribution in [2.24, 2.45) is 5.92 Å². The lowest BCUT2D eigenvalue weighted by atomic mass is 10.0. The van der Waals surface area contributed by atoms with Crippen LogP contribution in [0, 0.1) is 19.8 Å². The Kier molecular flexibility index (Phi) is 4.96. The summed E-state index contributed by atoms with van der Waals surface area (Å²) in [5.74, 6) is 2.35. The van der Waals surface area contributed by atoms with E-state index in [2.05, 4.69) is 56.2 Å². The summed E-state index contributed by atoms with van der Waals surface area (Å²) < 4.78 is 5.89. The summed E-state index contributed by atoms with van der Waals surface area (Å²) in [6.45, 7) is 10.6. The standard InChI is InChI=1S/C17H24N2O/c1-12(2)10-18-9-8-16-19-11-15(20-16)17-13(3)6-5-7-14(17)4/h5-7,11-12,18H,8-10H2,1-4H3. The molecule has 0 saturated carbocycles. The number of hydrogen-bond donors (Lipinski definition) is 1. The first kappa shape index (κ1) is 14.8. The van der Waals surface area contributed by atoms with E-state index in [1.54, 1.807) is 0 Å². The second-order valence-corrected chi connectivity index (χ2v) is 5.73. The van der Waals surface area contributed by atoms with Crippen LogP contribution in [0.5, 0.6) is 0 Å². The largest absolute Gasteiger partial charge is 0.441 e. The topological polar surface area (TPSA) is 38.1 Å². The fourth-order valence-electron chi connectivity index (χ4n) is 2.33. The van der Waals surface area contributed by atoms with Gasteiger partial charge in [0.25, 0.3) is 0 Å². The maximum Gasteiger partial charge on any atom is 0.196 e. The summed E-state index contributed by atoms with van der Waals surface area (Å²) >= 11 is 0. The van der Waals surface area contributed by atoms with Gasteiger partial charge in [-0.05, 0) is 37.4 Å². The van der Waals surface area contributed by atoms with Gasteiger partial charge in [-0.15, -0.1) is 0 Å². The van der Waals surface area contributed by atoms with Gasteiger partial charge in [0.2, 0.25) is 0 Å². The van der Waals surface area contributed by atoms with Crippen LogP contribution in [0.4, 0.5) is 0 Å². The van der Waals surface area contributed by atoms with Gasteiger partial charge < -0.3 is 9.73 Å². The number of aromatic nitrogens is 1. The van der Waals surface area contributed by atoms with Crippen molar-refractivity contribution in [3.05, 3.63) is 41.4 Å². The molecule has 20 heavy (non-hydrogen) atoms. The highest BCUT2D eigenvalue weighted by Gasteiger charge is 2.11. The van der Waals surface area contributed by atoms with Gasteiger partial charge >= 0.3 is 0 Å². The molecule has 3 nitrogen and oxygen atoms in total. The highest BCUT2D eigenvalue weighted by atomic mass is 16.4. The normalized spacial score (nSPS) is 11.2. The molecule has 0 aliphatic heterocycles. The summed E-state index contributed by atoms with van der Waals surface area (Å²) in [6.07, 6.45) is 2.67. The van der Waals surface area contributed by atoms with Gasteiger partial charge in [-0.25, -0.2) is 4.98 Å². The second kappa shape index (κ2) is 6.71. The van der Waals surface area contributed by atoms with Crippen molar-refractivity contribution in [3.63, 3.8) is 0 Å². The number of aryl methyl sites for hydroxylation is 2. The monoisotopic (exact) mass is 272 g/mol. The molecule has 1 N–H and O–H groups in total. The Morgan fingerprint density at radius 2 is 1.90 bits per heavy atom. The average molecular weight is 272 g/mol. The maximum atomic E-state index is 5.89. The van der Waals surface area contributed by atoms with Gasteiger partial charge in [0.1, 0.15) is 0 Å². The smallest absolute Gasteiger partial charge is 0.196 e. The van der Waals surface area contributed by atoms with Crippen molar-refractivity contribution in [3.8, 4) is 11.3 Å². The Morgan fingerprint density at radius 1 is 1.20 bits per heavy atom. The zero-order valence-corrected chi connectivity index (χ0v) is 12.9. The predicted octanol–water partition coefficient (Wildman–Crippen LogP) is 3.75.